The zero-order valence-corrected chi connectivity index (χ0v) is 15.0. The zero-order chi connectivity index (χ0) is 15.2. The molecule has 1 saturated heterocycles. The lowest BCUT2D eigenvalue weighted by molar-refractivity contribution is -0.111. The fraction of sp³-hybridized carbons (Fsp3) is 0.706. The number of carbonyl (C=O) groups excluding carboxylic acids is 1. The molecule has 112 valence electrons. The summed E-state index contributed by atoms with van der Waals surface area (Å²) < 4.78 is 5.65. The summed E-state index contributed by atoms with van der Waals surface area (Å²) in [5.74, 6) is 0.334. The van der Waals surface area contributed by atoms with Gasteiger partial charge in [-0.05, 0) is 39.9 Å². The van der Waals surface area contributed by atoms with E-state index < -0.39 is 8.07 Å². The molecule has 3 heteroatoms. The Hall–Kier alpha value is -0.673. The topological polar surface area (TPSA) is 26.3 Å². The van der Waals surface area contributed by atoms with Crippen molar-refractivity contribution in [3.8, 4) is 0 Å². The van der Waals surface area contributed by atoms with Crippen molar-refractivity contribution in [2.45, 2.75) is 65.1 Å². The van der Waals surface area contributed by atoms with Crippen LogP contribution in [-0.4, -0.2) is 27.1 Å². The van der Waals surface area contributed by atoms with Crippen LogP contribution in [0.2, 0.25) is 16.6 Å². The normalized spacial score (nSPS) is 20.2. The van der Waals surface area contributed by atoms with Gasteiger partial charge in [0.2, 0.25) is 0 Å². The standard InChI is InChI=1S/C17H28O2Si/c1-10(2)20(11(3)4,12(5)6)17-15-9-19-8-14(15)13(7)16(17)18/h10-12H,8-9H2,1-7H3. The summed E-state index contributed by atoms with van der Waals surface area (Å²) in [5.41, 5.74) is 5.12. The highest BCUT2D eigenvalue weighted by Gasteiger charge is 2.52. The summed E-state index contributed by atoms with van der Waals surface area (Å²) in [6.45, 7) is 17.2. The van der Waals surface area contributed by atoms with Gasteiger partial charge in [-0.25, -0.2) is 0 Å². The first-order valence-corrected chi connectivity index (χ1v) is 10.1. The molecule has 2 aliphatic rings. The van der Waals surface area contributed by atoms with Crippen molar-refractivity contribution in [3.05, 3.63) is 21.9 Å². The number of carbonyl (C=O) groups is 1. The third kappa shape index (κ3) is 1.90. The predicted molar refractivity (Wildman–Crippen MR) is 86.6 cm³/mol. The molecule has 1 heterocycles. The number of rotatable bonds is 4. The fourth-order valence-corrected chi connectivity index (χ4v) is 11.8. The van der Waals surface area contributed by atoms with E-state index in [0.717, 1.165) is 5.57 Å². The first-order chi connectivity index (χ1) is 9.26. The van der Waals surface area contributed by atoms with E-state index >= 15 is 0 Å². The Morgan fingerprint density at radius 3 is 1.80 bits per heavy atom. The maximum Gasteiger partial charge on any atom is 0.181 e. The van der Waals surface area contributed by atoms with E-state index in [1.165, 1.54) is 16.3 Å². The fourth-order valence-electron chi connectivity index (χ4n) is 4.77. The summed E-state index contributed by atoms with van der Waals surface area (Å²) >= 11 is 0. The Morgan fingerprint density at radius 2 is 1.35 bits per heavy atom. The summed E-state index contributed by atoms with van der Waals surface area (Å²) in [7, 11) is -1.88. The van der Waals surface area contributed by atoms with Crippen LogP contribution in [-0.2, 0) is 9.53 Å². The number of Topliss-reactive ketones (excluding diaryl/α,β-unsaturated/α-hetero) is 1. The molecule has 0 bridgehead atoms. The van der Waals surface area contributed by atoms with Gasteiger partial charge in [0.1, 0.15) is 0 Å². The molecule has 0 saturated carbocycles. The van der Waals surface area contributed by atoms with Crippen LogP contribution in [0.4, 0.5) is 0 Å². The van der Waals surface area contributed by atoms with Crippen LogP contribution < -0.4 is 0 Å². The lowest BCUT2D eigenvalue weighted by atomic mass is 10.1. The van der Waals surface area contributed by atoms with E-state index in [4.69, 9.17) is 4.74 Å². The Kier molecular flexibility index (Phi) is 4.14. The molecule has 2 rings (SSSR count). The van der Waals surface area contributed by atoms with Gasteiger partial charge in [-0.3, -0.25) is 4.79 Å². The molecule has 0 aromatic rings. The van der Waals surface area contributed by atoms with Gasteiger partial charge in [0, 0.05) is 5.57 Å². The molecule has 1 fully saturated rings. The van der Waals surface area contributed by atoms with Crippen LogP contribution in [0.3, 0.4) is 0 Å². The smallest absolute Gasteiger partial charge is 0.181 e. The monoisotopic (exact) mass is 292 g/mol. The van der Waals surface area contributed by atoms with E-state index in [0.29, 0.717) is 35.6 Å². The van der Waals surface area contributed by atoms with Gasteiger partial charge >= 0.3 is 0 Å². The van der Waals surface area contributed by atoms with Crippen LogP contribution in [0.1, 0.15) is 48.5 Å². The summed E-state index contributed by atoms with van der Waals surface area (Å²) in [5, 5.41) is 1.20. The molecule has 2 nitrogen and oxygen atoms in total. The van der Waals surface area contributed by atoms with Crippen LogP contribution in [0, 0.1) is 0 Å². The van der Waals surface area contributed by atoms with Crippen molar-refractivity contribution in [2.75, 3.05) is 13.2 Å². The third-order valence-electron chi connectivity index (χ3n) is 5.48. The van der Waals surface area contributed by atoms with Crippen LogP contribution in [0.15, 0.2) is 21.9 Å². The first-order valence-electron chi connectivity index (χ1n) is 7.82. The molecule has 0 aromatic heterocycles. The minimum atomic E-state index is -1.88. The van der Waals surface area contributed by atoms with Gasteiger partial charge in [-0.1, -0.05) is 41.5 Å². The molecule has 0 unspecified atom stereocenters. The van der Waals surface area contributed by atoms with Gasteiger partial charge in [0.25, 0.3) is 0 Å². The zero-order valence-electron chi connectivity index (χ0n) is 14.0. The molecule has 0 radical (unpaired) electrons. The Morgan fingerprint density at radius 1 is 0.900 bits per heavy atom. The lowest BCUT2D eigenvalue weighted by Gasteiger charge is -2.44. The largest absolute Gasteiger partial charge is 0.372 e. The van der Waals surface area contributed by atoms with Crippen LogP contribution in [0.25, 0.3) is 0 Å². The number of hydrogen-bond acceptors (Lipinski definition) is 2. The molecule has 0 atom stereocenters. The summed E-state index contributed by atoms with van der Waals surface area (Å²) in [6, 6.07) is 0. The Bertz CT molecular complexity index is 473. The van der Waals surface area contributed by atoms with Crippen molar-refractivity contribution < 1.29 is 9.53 Å². The van der Waals surface area contributed by atoms with Crippen molar-refractivity contribution in [3.63, 3.8) is 0 Å². The average molecular weight is 292 g/mol. The van der Waals surface area contributed by atoms with Crippen molar-refractivity contribution in [1.82, 2.24) is 0 Å². The van der Waals surface area contributed by atoms with Gasteiger partial charge in [-0.2, -0.15) is 0 Å². The Balaban J connectivity index is 2.68. The van der Waals surface area contributed by atoms with E-state index in [-0.39, 0.29) is 0 Å². The van der Waals surface area contributed by atoms with E-state index in [1.807, 2.05) is 6.92 Å². The second kappa shape index (κ2) is 5.27. The highest BCUT2D eigenvalue weighted by atomic mass is 28.3. The molecule has 0 amide bonds. The van der Waals surface area contributed by atoms with Gasteiger partial charge in [0.15, 0.2) is 5.78 Å². The van der Waals surface area contributed by atoms with Gasteiger partial charge < -0.3 is 4.74 Å². The van der Waals surface area contributed by atoms with Gasteiger partial charge in [-0.15, -0.1) is 0 Å². The van der Waals surface area contributed by atoms with E-state index in [1.54, 1.807) is 0 Å². The molecular weight excluding hydrogens is 264 g/mol. The number of allylic oxidation sites excluding steroid dienone is 2. The van der Waals surface area contributed by atoms with Crippen molar-refractivity contribution in [2.24, 2.45) is 0 Å². The molecule has 20 heavy (non-hydrogen) atoms. The predicted octanol–water partition coefficient (Wildman–Crippen LogP) is 4.43. The van der Waals surface area contributed by atoms with Crippen LogP contribution >= 0.6 is 0 Å². The van der Waals surface area contributed by atoms with Crippen molar-refractivity contribution in [1.29, 1.82) is 0 Å². The molecular formula is C17H28O2Si. The maximum absolute atomic E-state index is 12.9. The summed E-state index contributed by atoms with van der Waals surface area (Å²) in [6.07, 6.45) is 0. The molecule has 1 aliphatic carbocycles. The lowest BCUT2D eigenvalue weighted by Crippen LogP contribution is -2.49. The maximum atomic E-state index is 12.9. The highest BCUT2D eigenvalue weighted by Crippen LogP contribution is 2.51. The molecule has 0 N–H and O–H groups in total. The Labute approximate surface area is 124 Å². The number of ether oxygens (including phenoxy) is 1. The van der Waals surface area contributed by atoms with Crippen molar-refractivity contribution >= 4 is 13.9 Å². The second-order valence-corrected chi connectivity index (χ2v) is 13.0. The van der Waals surface area contributed by atoms with Gasteiger partial charge in [0.05, 0.1) is 21.3 Å². The van der Waals surface area contributed by atoms with E-state index in [9.17, 15) is 4.79 Å². The number of ketones is 1. The summed E-state index contributed by atoms with van der Waals surface area (Å²) in [4.78, 5) is 12.9. The SMILES string of the molecule is CC1=C2COCC2=C([Si](C(C)C)(C(C)C)C(C)C)C1=O. The molecule has 0 spiro atoms. The minimum absolute atomic E-state index is 0.334. The quantitative estimate of drug-likeness (QED) is 0.716. The average Bonchev–Trinajstić information content (AvgIpc) is 2.87. The minimum Gasteiger partial charge on any atom is -0.372 e. The number of hydrogen-bond donors (Lipinski definition) is 0. The third-order valence-corrected chi connectivity index (χ3v) is 12.6. The molecule has 1 aliphatic heterocycles. The highest BCUT2D eigenvalue weighted by molar-refractivity contribution is 6.94. The van der Waals surface area contributed by atoms with Crippen LogP contribution in [0.5, 0.6) is 0 Å². The second-order valence-electron chi connectivity index (χ2n) is 7.18. The molecule has 0 aromatic carbocycles. The first kappa shape index (κ1) is 15.7. The number of fused-ring (bicyclic) bond motifs is 1. The van der Waals surface area contributed by atoms with E-state index in [2.05, 4.69) is 41.5 Å².